The second-order valence-electron chi connectivity index (χ2n) is 6.82. The maximum atomic E-state index is 10.7. The first-order valence-electron chi connectivity index (χ1n) is 9.91. The van der Waals surface area contributed by atoms with Crippen molar-refractivity contribution < 1.29 is 9.90 Å². The van der Waals surface area contributed by atoms with Gasteiger partial charge in [-0.1, -0.05) is 103 Å². The zero-order valence-corrected chi connectivity index (χ0v) is 17.2. The molecule has 3 rings (SSSR count). The standard InChI is InChI=1S/C26H26O2S/c27-25(28)20-12-1-2-13-21-29-26(22-14-6-3-7-15-22,23-16-8-4-9-17-23)24-18-10-5-11-19-24/h1-11,14-19H,12-13,20-21H2,(H,27,28). The van der Waals surface area contributed by atoms with Crippen LogP contribution in [0.1, 0.15) is 36.0 Å². The molecule has 0 aromatic heterocycles. The van der Waals surface area contributed by atoms with Gasteiger partial charge in [-0.15, -0.1) is 11.8 Å². The normalized spacial score (nSPS) is 11.6. The van der Waals surface area contributed by atoms with Crippen LogP contribution in [0.3, 0.4) is 0 Å². The third-order valence-electron chi connectivity index (χ3n) is 4.84. The number of benzene rings is 3. The average molecular weight is 403 g/mol. The molecule has 1 N–H and O–H groups in total. The molecule has 0 atom stereocenters. The Morgan fingerprint density at radius 3 is 1.55 bits per heavy atom. The van der Waals surface area contributed by atoms with Gasteiger partial charge < -0.3 is 5.11 Å². The van der Waals surface area contributed by atoms with E-state index in [9.17, 15) is 4.79 Å². The van der Waals surface area contributed by atoms with Crippen molar-refractivity contribution in [1.82, 2.24) is 0 Å². The van der Waals surface area contributed by atoms with Crippen LogP contribution in [0.4, 0.5) is 0 Å². The third kappa shape index (κ3) is 5.39. The predicted octanol–water partition coefficient (Wildman–Crippen LogP) is 6.52. The lowest BCUT2D eigenvalue weighted by Gasteiger charge is -2.35. The van der Waals surface area contributed by atoms with Crippen LogP contribution in [0.15, 0.2) is 103 Å². The Morgan fingerprint density at radius 2 is 1.14 bits per heavy atom. The number of hydrogen-bond acceptors (Lipinski definition) is 2. The summed E-state index contributed by atoms with van der Waals surface area (Å²) in [6.07, 6.45) is 5.75. The highest BCUT2D eigenvalue weighted by atomic mass is 32.2. The fourth-order valence-electron chi connectivity index (χ4n) is 3.49. The van der Waals surface area contributed by atoms with Crippen LogP contribution in [0, 0.1) is 0 Å². The van der Waals surface area contributed by atoms with E-state index >= 15 is 0 Å². The number of aliphatic carboxylic acids is 1. The van der Waals surface area contributed by atoms with Gasteiger partial charge in [0.05, 0.1) is 4.75 Å². The molecular weight excluding hydrogens is 376 g/mol. The third-order valence-corrected chi connectivity index (χ3v) is 6.42. The van der Waals surface area contributed by atoms with Gasteiger partial charge in [0.15, 0.2) is 0 Å². The van der Waals surface area contributed by atoms with Gasteiger partial charge in [0, 0.05) is 6.42 Å². The molecule has 3 aromatic rings. The zero-order chi connectivity index (χ0) is 20.4. The van der Waals surface area contributed by atoms with E-state index in [4.69, 9.17) is 5.11 Å². The van der Waals surface area contributed by atoms with Gasteiger partial charge in [0.1, 0.15) is 0 Å². The topological polar surface area (TPSA) is 37.3 Å². The summed E-state index contributed by atoms with van der Waals surface area (Å²) >= 11 is 1.93. The van der Waals surface area contributed by atoms with E-state index in [1.54, 1.807) is 0 Å². The van der Waals surface area contributed by atoms with Gasteiger partial charge in [-0.3, -0.25) is 4.79 Å². The van der Waals surface area contributed by atoms with E-state index in [2.05, 4.69) is 97.1 Å². The van der Waals surface area contributed by atoms with Crippen LogP contribution >= 0.6 is 11.8 Å². The van der Waals surface area contributed by atoms with Crippen molar-refractivity contribution in [3.63, 3.8) is 0 Å². The highest BCUT2D eigenvalue weighted by Crippen LogP contribution is 2.48. The van der Waals surface area contributed by atoms with Crippen LogP contribution in [0.25, 0.3) is 0 Å². The maximum absolute atomic E-state index is 10.7. The average Bonchev–Trinajstić information content (AvgIpc) is 2.77. The number of carboxylic acids is 1. The van der Waals surface area contributed by atoms with Gasteiger partial charge in [-0.25, -0.2) is 0 Å². The smallest absolute Gasteiger partial charge is 0.303 e. The molecule has 0 aliphatic rings. The maximum Gasteiger partial charge on any atom is 0.303 e. The van der Waals surface area contributed by atoms with Crippen LogP contribution in [-0.2, 0) is 9.54 Å². The minimum absolute atomic E-state index is 0.186. The molecule has 0 amide bonds. The summed E-state index contributed by atoms with van der Waals surface area (Å²) in [6.45, 7) is 0. The first-order chi connectivity index (χ1) is 14.2. The second-order valence-corrected chi connectivity index (χ2v) is 8.13. The monoisotopic (exact) mass is 402 g/mol. The van der Waals surface area contributed by atoms with Crippen molar-refractivity contribution in [2.75, 3.05) is 5.75 Å². The molecule has 0 fully saturated rings. The molecule has 0 radical (unpaired) electrons. The summed E-state index contributed by atoms with van der Waals surface area (Å²) in [5.41, 5.74) is 3.78. The minimum atomic E-state index is -0.750. The Morgan fingerprint density at radius 1 is 0.724 bits per heavy atom. The van der Waals surface area contributed by atoms with E-state index in [0.717, 1.165) is 12.2 Å². The van der Waals surface area contributed by atoms with Crippen LogP contribution < -0.4 is 0 Å². The molecule has 29 heavy (non-hydrogen) atoms. The summed E-state index contributed by atoms with van der Waals surface area (Å²) in [7, 11) is 0. The van der Waals surface area contributed by atoms with Crippen molar-refractivity contribution in [3.8, 4) is 0 Å². The predicted molar refractivity (Wildman–Crippen MR) is 122 cm³/mol. The highest BCUT2D eigenvalue weighted by molar-refractivity contribution is 8.00. The lowest BCUT2D eigenvalue weighted by Crippen LogP contribution is -2.26. The van der Waals surface area contributed by atoms with E-state index in [1.165, 1.54) is 16.7 Å². The Labute approximate surface area is 177 Å². The van der Waals surface area contributed by atoms with Gasteiger partial charge >= 0.3 is 5.97 Å². The van der Waals surface area contributed by atoms with Crippen molar-refractivity contribution in [1.29, 1.82) is 0 Å². The number of carbonyl (C=O) groups is 1. The van der Waals surface area contributed by atoms with Gasteiger partial charge in [-0.2, -0.15) is 0 Å². The molecule has 0 spiro atoms. The summed E-state index contributed by atoms with van der Waals surface area (Å²) in [5.74, 6) is 0.183. The van der Waals surface area contributed by atoms with Crippen molar-refractivity contribution in [2.24, 2.45) is 0 Å². The number of hydrogen-bond donors (Lipinski definition) is 1. The SMILES string of the molecule is O=C(O)CCC=CCCSC(c1ccccc1)(c1ccccc1)c1ccccc1. The Kier molecular flexibility index (Phi) is 7.71. The molecule has 0 saturated carbocycles. The van der Waals surface area contributed by atoms with Crippen LogP contribution in [0.5, 0.6) is 0 Å². The molecule has 0 unspecified atom stereocenters. The largest absolute Gasteiger partial charge is 0.481 e. The molecule has 0 aliphatic carbocycles. The van der Waals surface area contributed by atoms with E-state index < -0.39 is 5.97 Å². The number of thioether (sulfide) groups is 1. The summed E-state index contributed by atoms with van der Waals surface area (Å²) in [6, 6.07) is 32.0. The fourth-order valence-corrected chi connectivity index (χ4v) is 4.96. The molecular formula is C26H26O2S. The molecule has 148 valence electrons. The second kappa shape index (κ2) is 10.7. The van der Waals surface area contributed by atoms with E-state index in [-0.39, 0.29) is 11.2 Å². The lowest BCUT2D eigenvalue weighted by molar-refractivity contribution is -0.136. The Hall–Kier alpha value is -2.78. The molecule has 0 heterocycles. The quantitative estimate of drug-likeness (QED) is 0.238. The molecule has 0 aliphatic heterocycles. The van der Waals surface area contributed by atoms with Gasteiger partial charge in [0.25, 0.3) is 0 Å². The minimum Gasteiger partial charge on any atom is -0.481 e. The Bertz CT molecular complexity index is 809. The molecule has 0 bridgehead atoms. The molecule has 0 saturated heterocycles. The van der Waals surface area contributed by atoms with Crippen LogP contribution in [-0.4, -0.2) is 16.8 Å². The van der Waals surface area contributed by atoms with E-state index in [0.29, 0.717) is 6.42 Å². The number of carboxylic acid groups (broad SMARTS) is 1. The fraction of sp³-hybridized carbons (Fsp3) is 0.192. The van der Waals surface area contributed by atoms with Crippen LogP contribution in [0.2, 0.25) is 0 Å². The Balaban J connectivity index is 1.92. The summed E-state index contributed by atoms with van der Waals surface area (Å²) in [4.78, 5) is 10.7. The zero-order valence-electron chi connectivity index (χ0n) is 16.4. The van der Waals surface area contributed by atoms with Crippen molar-refractivity contribution in [3.05, 3.63) is 120 Å². The van der Waals surface area contributed by atoms with Crippen molar-refractivity contribution >= 4 is 17.7 Å². The number of rotatable bonds is 10. The number of allylic oxidation sites excluding steroid dienone is 2. The first-order valence-corrected chi connectivity index (χ1v) is 10.9. The molecule has 2 nitrogen and oxygen atoms in total. The molecule has 3 aromatic carbocycles. The van der Waals surface area contributed by atoms with E-state index in [1.807, 2.05) is 17.8 Å². The summed E-state index contributed by atoms with van der Waals surface area (Å²) in [5, 5.41) is 8.76. The lowest BCUT2D eigenvalue weighted by atomic mass is 9.84. The van der Waals surface area contributed by atoms with Gasteiger partial charge in [-0.05, 0) is 35.3 Å². The molecule has 3 heteroatoms. The first kappa shape index (κ1) is 20.9. The van der Waals surface area contributed by atoms with Crippen molar-refractivity contribution in [2.45, 2.75) is 24.0 Å². The van der Waals surface area contributed by atoms with Gasteiger partial charge in [0.2, 0.25) is 0 Å². The highest BCUT2D eigenvalue weighted by Gasteiger charge is 2.36. The summed E-state index contributed by atoms with van der Waals surface area (Å²) < 4.78 is -0.293.